The third-order valence-corrected chi connectivity index (χ3v) is 8.69. The first-order valence-electron chi connectivity index (χ1n) is 9.66. The number of hydrogen-bond donors (Lipinski definition) is 0. The Morgan fingerprint density at radius 1 is 1.14 bits per heavy atom. The van der Waals surface area contributed by atoms with Crippen LogP contribution >= 0.6 is 11.8 Å². The first kappa shape index (κ1) is 18.7. The van der Waals surface area contributed by atoms with E-state index in [2.05, 4.69) is 33.6 Å². The Morgan fingerprint density at radius 2 is 2.00 bits per heavy atom. The molecule has 0 aliphatic carbocycles. The number of fused-ring (bicyclic) bond motifs is 1. The van der Waals surface area contributed by atoms with Crippen LogP contribution in [0.3, 0.4) is 0 Å². The van der Waals surface area contributed by atoms with Gasteiger partial charge in [0.25, 0.3) is 0 Å². The summed E-state index contributed by atoms with van der Waals surface area (Å²) in [7, 11) is -3.42. The molecule has 0 amide bonds. The van der Waals surface area contributed by atoms with Crippen LogP contribution in [-0.4, -0.2) is 45.5 Å². The van der Waals surface area contributed by atoms with Crippen molar-refractivity contribution >= 4 is 27.4 Å². The Labute approximate surface area is 174 Å². The van der Waals surface area contributed by atoms with Gasteiger partial charge in [-0.3, -0.25) is 0 Å². The number of hydrogen-bond acceptors (Lipinski definition) is 5. The van der Waals surface area contributed by atoms with E-state index in [4.69, 9.17) is 0 Å². The van der Waals surface area contributed by atoms with Crippen molar-refractivity contribution in [3.8, 4) is 0 Å². The van der Waals surface area contributed by atoms with E-state index < -0.39 is 10.0 Å². The molecule has 0 bridgehead atoms. The molecule has 0 radical (unpaired) electrons. The standard InChI is InChI=1S/C21H22N4O2S2/c26-29(27,19-4-2-1-3-5-19)25-10-7-18(16-25)21-24(12-13-28-21)15-17-6-9-23-11-8-22-20(23)14-17/h1-6,8-9,11-14,18,21H,7,10,15-16H2. The van der Waals surface area contributed by atoms with Gasteiger partial charge in [0.05, 0.1) is 10.3 Å². The first-order chi connectivity index (χ1) is 14.1. The lowest BCUT2D eigenvalue weighted by atomic mass is 10.1. The average molecular weight is 427 g/mol. The van der Waals surface area contributed by atoms with Crippen LogP contribution in [0.1, 0.15) is 12.0 Å². The Hall–Kier alpha value is -2.29. The lowest BCUT2D eigenvalue weighted by molar-refractivity contribution is 0.281. The molecule has 2 aliphatic heterocycles. The minimum absolute atomic E-state index is 0.252. The highest BCUT2D eigenvalue weighted by atomic mass is 32.2. The molecular weight excluding hydrogens is 404 g/mol. The maximum absolute atomic E-state index is 12.9. The number of sulfonamides is 1. The fraction of sp³-hybridized carbons (Fsp3) is 0.286. The fourth-order valence-electron chi connectivity index (χ4n) is 4.09. The quantitative estimate of drug-likeness (QED) is 0.626. The van der Waals surface area contributed by atoms with E-state index in [9.17, 15) is 8.42 Å². The fourth-order valence-corrected chi connectivity index (χ4v) is 6.76. The molecule has 8 heteroatoms. The normalized spacial score (nSPS) is 22.7. The van der Waals surface area contributed by atoms with E-state index in [1.54, 1.807) is 46.5 Å². The van der Waals surface area contributed by atoms with Gasteiger partial charge in [0.15, 0.2) is 0 Å². The van der Waals surface area contributed by atoms with Crippen LogP contribution < -0.4 is 0 Å². The zero-order chi connectivity index (χ0) is 19.8. The predicted octanol–water partition coefficient (Wildman–Crippen LogP) is 3.39. The lowest BCUT2D eigenvalue weighted by Crippen LogP contribution is -2.35. The van der Waals surface area contributed by atoms with Gasteiger partial charge in [-0.1, -0.05) is 18.2 Å². The molecule has 1 fully saturated rings. The molecule has 1 saturated heterocycles. The van der Waals surface area contributed by atoms with Gasteiger partial charge in [0, 0.05) is 50.3 Å². The van der Waals surface area contributed by atoms with Crippen molar-refractivity contribution < 1.29 is 8.42 Å². The van der Waals surface area contributed by atoms with Gasteiger partial charge in [-0.25, -0.2) is 13.4 Å². The number of nitrogens with zero attached hydrogens (tertiary/aromatic N) is 4. The highest BCUT2D eigenvalue weighted by Gasteiger charge is 2.39. The van der Waals surface area contributed by atoms with E-state index in [1.807, 2.05) is 22.9 Å². The molecule has 150 valence electrons. The molecule has 2 atom stereocenters. The number of aromatic nitrogens is 2. The largest absolute Gasteiger partial charge is 0.360 e. The number of benzene rings is 1. The Balaban J connectivity index is 1.29. The van der Waals surface area contributed by atoms with Crippen LogP contribution in [0.15, 0.2) is 77.6 Å². The summed E-state index contributed by atoms with van der Waals surface area (Å²) in [6.45, 7) is 1.93. The van der Waals surface area contributed by atoms with E-state index >= 15 is 0 Å². The molecule has 1 aromatic carbocycles. The SMILES string of the molecule is O=S(=O)(c1ccccc1)N1CCC(C2SC=CN2Cc2ccn3ccnc3c2)C1. The summed E-state index contributed by atoms with van der Waals surface area (Å²) < 4.78 is 29.5. The summed E-state index contributed by atoms with van der Waals surface area (Å²) in [5.41, 5.74) is 2.14. The first-order valence-corrected chi connectivity index (χ1v) is 12.0. The molecule has 2 aliphatic rings. The zero-order valence-corrected chi connectivity index (χ0v) is 17.5. The van der Waals surface area contributed by atoms with Crippen molar-refractivity contribution in [3.63, 3.8) is 0 Å². The molecule has 4 heterocycles. The van der Waals surface area contributed by atoms with Crippen molar-refractivity contribution in [2.45, 2.75) is 23.2 Å². The second kappa shape index (κ2) is 7.51. The van der Waals surface area contributed by atoms with Gasteiger partial charge < -0.3 is 9.30 Å². The second-order valence-corrected chi connectivity index (χ2v) is 10.4. The van der Waals surface area contributed by atoms with Crippen LogP contribution in [-0.2, 0) is 16.6 Å². The van der Waals surface area contributed by atoms with Crippen LogP contribution in [0, 0.1) is 5.92 Å². The summed E-state index contributed by atoms with van der Waals surface area (Å²) in [5, 5.41) is 2.37. The van der Waals surface area contributed by atoms with Crippen LogP contribution in [0.25, 0.3) is 5.65 Å². The van der Waals surface area contributed by atoms with E-state index in [0.717, 1.165) is 18.6 Å². The van der Waals surface area contributed by atoms with Gasteiger partial charge in [-0.05, 0) is 41.7 Å². The highest BCUT2D eigenvalue weighted by molar-refractivity contribution is 8.02. The molecule has 2 aromatic heterocycles. The predicted molar refractivity (Wildman–Crippen MR) is 115 cm³/mol. The monoisotopic (exact) mass is 426 g/mol. The maximum atomic E-state index is 12.9. The van der Waals surface area contributed by atoms with E-state index in [0.29, 0.717) is 23.9 Å². The molecule has 6 nitrogen and oxygen atoms in total. The van der Waals surface area contributed by atoms with E-state index in [1.165, 1.54) is 5.56 Å². The molecule has 5 rings (SSSR count). The average Bonchev–Trinajstić information content (AvgIpc) is 3.48. The van der Waals surface area contributed by atoms with Crippen molar-refractivity contribution in [3.05, 3.63) is 78.2 Å². The van der Waals surface area contributed by atoms with Gasteiger partial charge in [0.1, 0.15) is 5.65 Å². The molecule has 2 unspecified atom stereocenters. The number of rotatable bonds is 5. The van der Waals surface area contributed by atoms with Crippen LogP contribution in [0.5, 0.6) is 0 Å². The molecule has 3 aromatic rings. The van der Waals surface area contributed by atoms with Crippen molar-refractivity contribution in [1.82, 2.24) is 18.6 Å². The summed E-state index contributed by atoms with van der Waals surface area (Å²) in [6.07, 6.45) is 8.77. The molecule has 0 N–H and O–H groups in total. The van der Waals surface area contributed by atoms with Crippen molar-refractivity contribution in [2.75, 3.05) is 13.1 Å². The Bertz CT molecular complexity index is 1140. The summed E-state index contributed by atoms with van der Waals surface area (Å²) >= 11 is 1.78. The summed E-state index contributed by atoms with van der Waals surface area (Å²) in [4.78, 5) is 7.06. The van der Waals surface area contributed by atoms with Gasteiger partial charge in [0.2, 0.25) is 10.0 Å². The molecule has 29 heavy (non-hydrogen) atoms. The Kier molecular flexibility index (Phi) is 4.85. The third kappa shape index (κ3) is 3.56. The highest BCUT2D eigenvalue weighted by Crippen LogP contribution is 2.38. The van der Waals surface area contributed by atoms with Crippen molar-refractivity contribution in [1.29, 1.82) is 0 Å². The lowest BCUT2D eigenvalue weighted by Gasteiger charge is -2.29. The van der Waals surface area contributed by atoms with E-state index in [-0.39, 0.29) is 5.37 Å². The zero-order valence-electron chi connectivity index (χ0n) is 15.8. The summed E-state index contributed by atoms with van der Waals surface area (Å²) in [6, 6.07) is 13.0. The molecular formula is C21H22N4O2S2. The Morgan fingerprint density at radius 3 is 2.86 bits per heavy atom. The second-order valence-electron chi connectivity index (χ2n) is 7.44. The minimum Gasteiger partial charge on any atom is -0.360 e. The number of pyridine rings is 1. The third-order valence-electron chi connectivity index (χ3n) is 5.60. The van der Waals surface area contributed by atoms with Crippen LogP contribution in [0.2, 0.25) is 0 Å². The topological polar surface area (TPSA) is 57.9 Å². The van der Waals surface area contributed by atoms with Gasteiger partial charge >= 0.3 is 0 Å². The van der Waals surface area contributed by atoms with Crippen LogP contribution in [0.4, 0.5) is 0 Å². The number of imidazole rings is 1. The van der Waals surface area contributed by atoms with Crippen molar-refractivity contribution in [2.24, 2.45) is 5.92 Å². The molecule has 0 spiro atoms. The minimum atomic E-state index is -3.42. The van der Waals surface area contributed by atoms with Gasteiger partial charge in [-0.15, -0.1) is 11.8 Å². The number of thioether (sulfide) groups is 1. The van der Waals surface area contributed by atoms with Gasteiger partial charge in [-0.2, -0.15) is 4.31 Å². The molecule has 0 saturated carbocycles. The summed E-state index contributed by atoms with van der Waals surface area (Å²) in [5.74, 6) is 0.295. The maximum Gasteiger partial charge on any atom is 0.243 e. The smallest absolute Gasteiger partial charge is 0.243 e.